The van der Waals surface area contributed by atoms with Gasteiger partial charge >= 0.3 is 11.9 Å². The van der Waals surface area contributed by atoms with Gasteiger partial charge in [0.05, 0.1) is 13.2 Å². The minimum Gasteiger partial charge on any atom is -0.463 e. The third-order valence-electron chi connectivity index (χ3n) is 5.37. The van der Waals surface area contributed by atoms with Gasteiger partial charge in [-0.3, -0.25) is 0 Å². The Morgan fingerprint density at radius 2 is 1.44 bits per heavy atom. The summed E-state index contributed by atoms with van der Waals surface area (Å²) in [5.74, 6) is 3.15. The van der Waals surface area contributed by atoms with Crippen LogP contribution < -0.4 is 0 Å². The molecule has 0 radical (unpaired) electrons. The molecule has 0 aromatic heterocycles. The quantitative estimate of drug-likeness (QED) is 0.408. The van der Waals surface area contributed by atoms with Crippen molar-refractivity contribution in [3.05, 3.63) is 24.3 Å². The van der Waals surface area contributed by atoms with Gasteiger partial charge in [-0.05, 0) is 63.2 Å². The molecule has 1 aliphatic carbocycles. The average molecular weight is 381 g/mol. The molecule has 0 amide bonds. The van der Waals surface area contributed by atoms with Crippen LogP contribution in [0.15, 0.2) is 24.3 Å². The first-order valence-electron chi connectivity index (χ1n) is 10.2. The standard InChI is InChI=1S/C17H30O2.C6H10O2/c1-7-15-13(5)9-14(6)16(15)8-12(4)10-19-17(18)11(2)3;1-4-8-6(7)5(2)3/h12-16H,2,7-10H2,1,3-6H3;2,4H2,1,3H3. The minimum absolute atomic E-state index is 0.258. The van der Waals surface area contributed by atoms with Crippen molar-refractivity contribution in [1.82, 2.24) is 0 Å². The van der Waals surface area contributed by atoms with E-state index >= 15 is 0 Å². The Morgan fingerprint density at radius 3 is 1.85 bits per heavy atom. The zero-order chi connectivity index (χ0) is 21.1. The van der Waals surface area contributed by atoms with Gasteiger partial charge in [-0.2, -0.15) is 0 Å². The molecule has 1 fully saturated rings. The van der Waals surface area contributed by atoms with Crippen molar-refractivity contribution in [1.29, 1.82) is 0 Å². The highest BCUT2D eigenvalue weighted by atomic mass is 16.5. The smallest absolute Gasteiger partial charge is 0.333 e. The molecule has 0 N–H and O–H groups in total. The van der Waals surface area contributed by atoms with E-state index in [0.717, 1.165) is 23.7 Å². The van der Waals surface area contributed by atoms with E-state index in [0.29, 0.717) is 30.3 Å². The Kier molecular flexibility index (Phi) is 12.0. The summed E-state index contributed by atoms with van der Waals surface area (Å²) < 4.78 is 9.83. The summed E-state index contributed by atoms with van der Waals surface area (Å²) in [7, 11) is 0. The second-order valence-electron chi connectivity index (χ2n) is 8.15. The van der Waals surface area contributed by atoms with Crippen LogP contribution in [0.4, 0.5) is 0 Å². The predicted octanol–water partition coefficient (Wildman–Crippen LogP) is 5.58. The van der Waals surface area contributed by atoms with Gasteiger partial charge in [-0.1, -0.05) is 47.3 Å². The Hall–Kier alpha value is -1.58. The van der Waals surface area contributed by atoms with Crippen LogP contribution in [0.1, 0.15) is 67.7 Å². The lowest BCUT2D eigenvalue weighted by Gasteiger charge is -2.26. The SMILES string of the molecule is C=C(C)C(=O)OCC.C=C(C)C(=O)OCC(C)CC1C(C)CC(C)C1CC. The molecule has 0 bridgehead atoms. The molecular formula is C23H40O4. The van der Waals surface area contributed by atoms with Crippen LogP contribution in [-0.4, -0.2) is 25.2 Å². The Balaban J connectivity index is 0.000000713. The number of hydrogen-bond acceptors (Lipinski definition) is 4. The van der Waals surface area contributed by atoms with Crippen LogP contribution >= 0.6 is 0 Å². The van der Waals surface area contributed by atoms with E-state index < -0.39 is 0 Å². The molecule has 4 nitrogen and oxygen atoms in total. The van der Waals surface area contributed by atoms with Crippen LogP contribution in [0.3, 0.4) is 0 Å². The third-order valence-corrected chi connectivity index (χ3v) is 5.37. The highest BCUT2D eigenvalue weighted by Crippen LogP contribution is 2.45. The Morgan fingerprint density at radius 1 is 0.963 bits per heavy atom. The fraction of sp³-hybridized carbons (Fsp3) is 0.739. The van der Waals surface area contributed by atoms with E-state index in [2.05, 4.69) is 45.6 Å². The van der Waals surface area contributed by atoms with E-state index in [-0.39, 0.29) is 11.9 Å². The fourth-order valence-corrected chi connectivity index (χ4v) is 4.02. The fourth-order valence-electron chi connectivity index (χ4n) is 4.02. The number of rotatable bonds is 8. The second kappa shape index (κ2) is 12.7. The predicted molar refractivity (Wildman–Crippen MR) is 111 cm³/mol. The number of hydrogen-bond donors (Lipinski definition) is 0. The lowest BCUT2D eigenvalue weighted by atomic mass is 9.80. The third kappa shape index (κ3) is 9.25. The van der Waals surface area contributed by atoms with Crippen LogP contribution in [0, 0.1) is 29.6 Å². The molecule has 4 heteroatoms. The number of ether oxygens (including phenoxy) is 2. The number of esters is 2. The molecule has 27 heavy (non-hydrogen) atoms. The van der Waals surface area contributed by atoms with Crippen LogP contribution in [0.5, 0.6) is 0 Å². The zero-order valence-electron chi connectivity index (χ0n) is 18.5. The Bertz CT molecular complexity index is 509. The number of carbonyl (C=O) groups is 2. The highest BCUT2D eigenvalue weighted by Gasteiger charge is 2.37. The molecule has 156 valence electrons. The van der Waals surface area contributed by atoms with E-state index in [1.165, 1.54) is 19.3 Å². The average Bonchev–Trinajstić information content (AvgIpc) is 2.86. The van der Waals surface area contributed by atoms with Gasteiger partial charge in [-0.25, -0.2) is 9.59 Å². The van der Waals surface area contributed by atoms with E-state index in [9.17, 15) is 9.59 Å². The van der Waals surface area contributed by atoms with Gasteiger partial charge in [0.25, 0.3) is 0 Å². The summed E-state index contributed by atoms with van der Waals surface area (Å²) in [6, 6.07) is 0. The van der Waals surface area contributed by atoms with Crippen LogP contribution in [-0.2, 0) is 19.1 Å². The summed E-state index contributed by atoms with van der Waals surface area (Å²) in [6.07, 6.45) is 3.80. The van der Waals surface area contributed by atoms with Crippen molar-refractivity contribution in [2.24, 2.45) is 29.6 Å². The first-order chi connectivity index (χ1) is 12.5. The molecule has 1 rings (SSSR count). The van der Waals surface area contributed by atoms with Gasteiger partial charge < -0.3 is 9.47 Å². The van der Waals surface area contributed by atoms with Crippen LogP contribution in [0.2, 0.25) is 0 Å². The summed E-state index contributed by atoms with van der Waals surface area (Å²) in [5.41, 5.74) is 0.938. The molecule has 0 aliphatic heterocycles. The molecular weight excluding hydrogens is 340 g/mol. The van der Waals surface area contributed by atoms with Crippen molar-refractivity contribution in [2.45, 2.75) is 67.7 Å². The second-order valence-corrected chi connectivity index (χ2v) is 8.15. The molecule has 0 aromatic rings. The van der Waals surface area contributed by atoms with Crippen molar-refractivity contribution in [3.8, 4) is 0 Å². The van der Waals surface area contributed by atoms with Gasteiger partial charge in [0.15, 0.2) is 0 Å². The molecule has 5 unspecified atom stereocenters. The molecule has 1 aliphatic rings. The van der Waals surface area contributed by atoms with Gasteiger partial charge in [0.2, 0.25) is 0 Å². The summed E-state index contributed by atoms with van der Waals surface area (Å²) in [5, 5.41) is 0. The monoisotopic (exact) mass is 380 g/mol. The largest absolute Gasteiger partial charge is 0.463 e. The molecule has 0 saturated heterocycles. The first kappa shape index (κ1) is 25.4. The summed E-state index contributed by atoms with van der Waals surface area (Å²) >= 11 is 0. The maximum absolute atomic E-state index is 11.4. The highest BCUT2D eigenvalue weighted by molar-refractivity contribution is 5.87. The zero-order valence-corrected chi connectivity index (χ0v) is 18.5. The molecule has 0 spiro atoms. The van der Waals surface area contributed by atoms with Gasteiger partial charge in [-0.15, -0.1) is 0 Å². The Labute approximate surface area is 166 Å². The number of carbonyl (C=O) groups excluding carboxylic acids is 2. The molecule has 0 aromatic carbocycles. The summed E-state index contributed by atoms with van der Waals surface area (Å²) in [4.78, 5) is 21.8. The van der Waals surface area contributed by atoms with Crippen molar-refractivity contribution in [2.75, 3.05) is 13.2 Å². The van der Waals surface area contributed by atoms with E-state index in [1.807, 2.05) is 0 Å². The minimum atomic E-state index is -0.312. The van der Waals surface area contributed by atoms with Gasteiger partial charge in [0.1, 0.15) is 0 Å². The topological polar surface area (TPSA) is 52.6 Å². The lowest BCUT2D eigenvalue weighted by molar-refractivity contribution is -0.140. The molecule has 0 heterocycles. The molecule has 1 saturated carbocycles. The maximum atomic E-state index is 11.4. The molecule has 5 atom stereocenters. The first-order valence-corrected chi connectivity index (χ1v) is 10.2. The van der Waals surface area contributed by atoms with Crippen molar-refractivity contribution < 1.29 is 19.1 Å². The van der Waals surface area contributed by atoms with Crippen molar-refractivity contribution in [3.63, 3.8) is 0 Å². The maximum Gasteiger partial charge on any atom is 0.333 e. The van der Waals surface area contributed by atoms with Crippen molar-refractivity contribution >= 4 is 11.9 Å². The normalized spacial score (nSPS) is 25.0. The van der Waals surface area contributed by atoms with Crippen LogP contribution in [0.25, 0.3) is 0 Å². The van der Waals surface area contributed by atoms with E-state index in [1.54, 1.807) is 20.8 Å². The van der Waals surface area contributed by atoms with Gasteiger partial charge in [0, 0.05) is 11.1 Å². The van der Waals surface area contributed by atoms with E-state index in [4.69, 9.17) is 4.74 Å². The summed E-state index contributed by atoms with van der Waals surface area (Å²) in [6.45, 7) is 22.3. The lowest BCUT2D eigenvalue weighted by Crippen LogP contribution is -2.21.